The van der Waals surface area contributed by atoms with Crippen molar-refractivity contribution in [3.8, 4) is 5.75 Å². The summed E-state index contributed by atoms with van der Waals surface area (Å²) in [5.74, 6) is -0.324. The van der Waals surface area contributed by atoms with Gasteiger partial charge in [-0.25, -0.2) is 12.7 Å². The molecule has 124 valence electrons. The first kappa shape index (κ1) is 15.2. The summed E-state index contributed by atoms with van der Waals surface area (Å²) < 4.78 is 32.2. The summed E-state index contributed by atoms with van der Waals surface area (Å²) >= 11 is 0. The molecule has 2 aromatic rings. The average Bonchev–Trinajstić information content (AvgIpc) is 2.60. The molecule has 2 heterocycles. The summed E-state index contributed by atoms with van der Waals surface area (Å²) in [7, 11) is -3.69. The van der Waals surface area contributed by atoms with Crippen molar-refractivity contribution in [2.75, 3.05) is 6.61 Å². The van der Waals surface area contributed by atoms with Gasteiger partial charge in [0.2, 0.25) is 15.9 Å². The summed E-state index contributed by atoms with van der Waals surface area (Å²) in [6.07, 6.45) is 0. The number of nitrogens with zero attached hydrogens (tertiary/aromatic N) is 1. The first-order valence-corrected chi connectivity index (χ1v) is 9.36. The fourth-order valence-corrected chi connectivity index (χ4v) is 5.61. The first-order valence-electron chi connectivity index (χ1n) is 7.85. The van der Waals surface area contributed by atoms with Gasteiger partial charge in [0.15, 0.2) is 0 Å². The Morgan fingerprint density at radius 1 is 1.12 bits per heavy atom. The van der Waals surface area contributed by atoms with Crippen molar-refractivity contribution in [2.45, 2.75) is 24.1 Å². The molecule has 0 N–H and O–H groups in total. The molecule has 0 saturated carbocycles. The number of benzene rings is 2. The zero-order valence-corrected chi connectivity index (χ0v) is 13.9. The van der Waals surface area contributed by atoms with Crippen LogP contribution in [0, 0.1) is 0 Å². The molecule has 0 radical (unpaired) electrons. The average molecular weight is 343 g/mol. The summed E-state index contributed by atoms with van der Waals surface area (Å²) in [4.78, 5) is 12.8. The lowest BCUT2D eigenvalue weighted by Gasteiger charge is -2.49. The van der Waals surface area contributed by atoms with Crippen LogP contribution in [0.2, 0.25) is 0 Å². The molecule has 3 atom stereocenters. The molecule has 0 spiro atoms. The molecule has 2 aromatic carbocycles. The smallest absolute Gasteiger partial charge is 0.247 e. The molecule has 6 heteroatoms. The Labute approximate surface area is 140 Å². The van der Waals surface area contributed by atoms with E-state index in [0.29, 0.717) is 11.3 Å². The summed E-state index contributed by atoms with van der Waals surface area (Å²) in [5, 5.41) is -0.686. The Morgan fingerprint density at radius 2 is 1.79 bits per heavy atom. The maximum Gasteiger partial charge on any atom is 0.247 e. The van der Waals surface area contributed by atoms with Crippen LogP contribution in [-0.4, -0.2) is 31.3 Å². The molecule has 24 heavy (non-hydrogen) atoms. The summed E-state index contributed by atoms with van der Waals surface area (Å²) in [6, 6.07) is 15.9. The molecule has 1 fully saturated rings. The molecule has 0 bridgehead atoms. The van der Waals surface area contributed by atoms with Crippen LogP contribution in [0.5, 0.6) is 5.75 Å². The van der Waals surface area contributed by atoms with E-state index in [1.54, 1.807) is 25.1 Å². The Bertz CT molecular complexity index is 894. The van der Waals surface area contributed by atoms with Crippen LogP contribution in [0.15, 0.2) is 54.6 Å². The van der Waals surface area contributed by atoms with E-state index in [1.165, 1.54) is 0 Å². The molecule has 2 aliphatic rings. The van der Waals surface area contributed by atoms with Crippen LogP contribution >= 0.6 is 0 Å². The first-order chi connectivity index (χ1) is 11.5. The van der Waals surface area contributed by atoms with Crippen LogP contribution in [0.3, 0.4) is 0 Å². The number of sulfonamides is 1. The largest absolute Gasteiger partial charge is 0.491 e. The predicted molar refractivity (Wildman–Crippen MR) is 89.1 cm³/mol. The minimum absolute atomic E-state index is 0.203. The van der Waals surface area contributed by atoms with Crippen LogP contribution in [-0.2, 0) is 14.8 Å². The van der Waals surface area contributed by atoms with Crippen molar-refractivity contribution in [3.05, 3.63) is 65.7 Å². The highest BCUT2D eigenvalue weighted by Gasteiger charge is 2.60. The fraction of sp³-hybridized carbons (Fsp3) is 0.278. The maximum atomic E-state index is 12.8. The van der Waals surface area contributed by atoms with Gasteiger partial charge < -0.3 is 4.74 Å². The van der Waals surface area contributed by atoms with Gasteiger partial charge in [-0.1, -0.05) is 48.5 Å². The lowest BCUT2D eigenvalue weighted by atomic mass is 9.97. The van der Waals surface area contributed by atoms with Crippen LogP contribution < -0.4 is 4.74 Å². The number of carbonyl (C=O) groups excluding carboxylic acids is 1. The molecule has 1 amide bonds. The zero-order chi connectivity index (χ0) is 16.9. The number of hydrogen-bond acceptors (Lipinski definition) is 4. The number of hydrogen-bond donors (Lipinski definition) is 0. The maximum absolute atomic E-state index is 12.8. The molecule has 4 rings (SSSR count). The van der Waals surface area contributed by atoms with Gasteiger partial charge in [-0.05, 0) is 18.6 Å². The second-order valence-electron chi connectivity index (χ2n) is 6.15. The molecule has 1 saturated heterocycles. The highest BCUT2D eigenvalue weighted by Crippen LogP contribution is 2.49. The van der Waals surface area contributed by atoms with E-state index in [2.05, 4.69) is 0 Å². The number of amides is 1. The summed E-state index contributed by atoms with van der Waals surface area (Å²) in [6.45, 7) is 1.94. The second kappa shape index (κ2) is 5.34. The van der Waals surface area contributed by atoms with Crippen LogP contribution in [0.1, 0.15) is 29.2 Å². The third kappa shape index (κ3) is 2.06. The second-order valence-corrected chi connectivity index (χ2v) is 8.08. The molecular weight excluding hydrogens is 326 g/mol. The predicted octanol–water partition coefficient (Wildman–Crippen LogP) is 2.46. The number of para-hydroxylation sites is 1. The van der Waals surface area contributed by atoms with Gasteiger partial charge >= 0.3 is 0 Å². The Balaban J connectivity index is 1.66. The zero-order valence-electron chi connectivity index (χ0n) is 13.1. The molecular formula is C18H17NO4S. The van der Waals surface area contributed by atoms with E-state index >= 15 is 0 Å². The molecule has 0 aliphatic carbocycles. The van der Waals surface area contributed by atoms with Crippen LogP contribution in [0.25, 0.3) is 0 Å². The lowest BCUT2D eigenvalue weighted by molar-refractivity contribution is -0.131. The van der Waals surface area contributed by atoms with Gasteiger partial charge in [-0.2, -0.15) is 0 Å². The van der Waals surface area contributed by atoms with Gasteiger partial charge in [-0.3, -0.25) is 4.79 Å². The van der Waals surface area contributed by atoms with Crippen molar-refractivity contribution in [1.82, 2.24) is 4.31 Å². The molecule has 0 aromatic heterocycles. The Morgan fingerprint density at radius 3 is 2.54 bits per heavy atom. The van der Waals surface area contributed by atoms with Crippen molar-refractivity contribution < 1.29 is 17.9 Å². The van der Waals surface area contributed by atoms with Gasteiger partial charge in [0, 0.05) is 5.56 Å². The third-order valence-corrected chi connectivity index (χ3v) is 6.98. The number of rotatable bonds is 2. The van der Waals surface area contributed by atoms with E-state index in [1.807, 2.05) is 36.4 Å². The number of carbonyl (C=O) groups is 1. The normalized spacial score (nSPS) is 24.8. The minimum atomic E-state index is -3.69. The van der Waals surface area contributed by atoms with Crippen molar-refractivity contribution in [2.24, 2.45) is 0 Å². The SMILES string of the molecule is C[C@H](C(=O)N1C2COc3ccccc3C2S1(=O)=O)c1ccccc1. The third-order valence-electron chi connectivity index (χ3n) is 4.77. The molecule has 5 nitrogen and oxygen atoms in total. The lowest BCUT2D eigenvalue weighted by Crippen LogP contribution is -2.65. The number of ether oxygens (including phenoxy) is 1. The van der Waals surface area contributed by atoms with Crippen molar-refractivity contribution >= 4 is 15.9 Å². The van der Waals surface area contributed by atoms with E-state index < -0.39 is 33.1 Å². The fourth-order valence-electron chi connectivity index (χ4n) is 3.48. The van der Waals surface area contributed by atoms with Gasteiger partial charge in [0.05, 0.1) is 5.92 Å². The molecule has 2 unspecified atom stereocenters. The van der Waals surface area contributed by atoms with Crippen LogP contribution in [0.4, 0.5) is 0 Å². The minimum Gasteiger partial charge on any atom is -0.491 e. The highest BCUT2D eigenvalue weighted by molar-refractivity contribution is 7.91. The molecule has 2 aliphatic heterocycles. The van der Waals surface area contributed by atoms with E-state index in [4.69, 9.17) is 4.74 Å². The van der Waals surface area contributed by atoms with Crippen molar-refractivity contribution in [3.63, 3.8) is 0 Å². The standard InChI is InChI=1S/C18H17NO4S/c1-12(13-7-3-2-4-8-13)18(20)19-15-11-23-16-10-6-5-9-14(16)17(15)24(19,21)22/h2-10,12,15,17H,11H2,1H3/t12-,15?,17?/m0/s1. The Kier molecular flexibility index (Phi) is 3.38. The van der Waals surface area contributed by atoms with E-state index in [-0.39, 0.29) is 6.61 Å². The van der Waals surface area contributed by atoms with Gasteiger partial charge in [0.25, 0.3) is 0 Å². The Hall–Kier alpha value is -2.34. The van der Waals surface area contributed by atoms with Gasteiger partial charge in [-0.15, -0.1) is 0 Å². The number of fused-ring (bicyclic) bond motifs is 3. The topological polar surface area (TPSA) is 63.7 Å². The van der Waals surface area contributed by atoms with Gasteiger partial charge in [0.1, 0.15) is 23.6 Å². The highest BCUT2D eigenvalue weighted by atomic mass is 32.2. The van der Waals surface area contributed by atoms with E-state index in [9.17, 15) is 13.2 Å². The van der Waals surface area contributed by atoms with Crippen molar-refractivity contribution in [1.29, 1.82) is 0 Å². The van der Waals surface area contributed by atoms with E-state index in [0.717, 1.165) is 9.87 Å². The summed E-state index contributed by atoms with van der Waals surface area (Å²) in [5.41, 5.74) is 1.45. The monoisotopic (exact) mass is 343 g/mol. The quantitative estimate of drug-likeness (QED) is 0.840.